The minimum absolute atomic E-state index is 0.0818. The van der Waals surface area contributed by atoms with Crippen LogP contribution in [-0.2, 0) is 11.3 Å². The van der Waals surface area contributed by atoms with Crippen molar-refractivity contribution in [2.75, 3.05) is 19.7 Å². The average molecular weight is 393 g/mol. The number of hydrogen-bond acceptors (Lipinski definition) is 6. The number of aromatic nitrogens is 3. The van der Waals surface area contributed by atoms with Crippen LogP contribution in [-0.4, -0.2) is 46.4 Å². The highest BCUT2D eigenvalue weighted by Crippen LogP contribution is 2.24. The number of carbonyl (C=O) groups excluding carboxylic acids is 1. The summed E-state index contributed by atoms with van der Waals surface area (Å²) < 4.78 is 6.96. The van der Waals surface area contributed by atoms with Crippen LogP contribution in [0.4, 0.5) is 0 Å². The number of esters is 1. The fourth-order valence-corrected chi connectivity index (χ4v) is 3.39. The van der Waals surface area contributed by atoms with Crippen LogP contribution in [0.1, 0.15) is 52.7 Å². The van der Waals surface area contributed by atoms with Gasteiger partial charge in [0.2, 0.25) is 0 Å². The predicted molar refractivity (Wildman–Crippen MR) is 107 cm³/mol. The van der Waals surface area contributed by atoms with E-state index in [4.69, 9.17) is 4.74 Å². The van der Waals surface area contributed by atoms with Crippen LogP contribution in [0.3, 0.4) is 0 Å². The monoisotopic (exact) mass is 392 g/mol. The van der Waals surface area contributed by atoms with E-state index in [1.165, 1.54) is 11.3 Å². The van der Waals surface area contributed by atoms with Crippen LogP contribution in [0.2, 0.25) is 0 Å². The van der Waals surface area contributed by atoms with E-state index in [1.807, 2.05) is 44.8 Å². The van der Waals surface area contributed by atoms with Gasteiger partial charge < -0.3 is 15.4 Å². The molecule has 27 heavy (non-hydrogen) atoms. The van der Waals surface area contributed by atoms with Gasteiger partial charge in [0.15, 0.2) is 5.96 Å². The molecular formula is C18H28N6O2S. The Hall–Kier alpha value is -2.42. The molecule has 0 aliphatic heterocycles. The second kappa shape index (κ2) is 10.1. The molecule has 0 aromatic carbocycles. The molecular weight excluding hydrogens is 364 g/mol. The third-order valence-electron chi connectivity index (χ3n) is 3.70. The summed E-state index contributed by atoms with van der Waals surface area (Å²) in [6.45, 7) is 12.1. The lowest BCUT2D eigenvalue weighted by molar-refractivity contribution is 0.0531. The molecule has 2 heterocycles. The Kier molecular flexibility index (Phi) is 7.78. The fourth-order valence-electron chi connectivity index (χ4n) is 2.43. The van der Waals surface area contributed by atoms with Gasteiger partial charge in [-0.15, -0.1) is 11.3 Å². The van der Waals surface area contributed by atoms with Gasteiger partial charge in [-0.3, -0.25) is 9.67 Å². The third kappa shape index (κ3) is 6.06. The highest BCUT2D eigenvalue weighted by atomic mass is 32.1. The summed E-state index contributed by atoms with van der Waals surface area (Å²) in [4.78, 5) is 21.7. The maximum atomic E-state index is 12.0. The van der Waals surface area contributed by atoms with E-state index in [0.717, 1.165) is 17.1 Å². The molecule has 2 aromatic heterocycles. The molecule has 2 aromatic rings. The van der Waals surface area contributed by atoms with Gasteiger partial charge in [-0.25, -0.2) is 9.78 Å². The first-order valence-corrected chi connectivity index (χ1v) is 9.94. The van der Waals surface area contributed by atoms with Gasteiger partial charge in [0.1, 0.15) is 9.88 Å². The fraction of sp³-hybridized carbons (Fsp3) is 0.556. The topological polar surface area (TPSA) is 93.4 Å². The summed E-state index contributed by atoms with van der Waals surface area (Å²) >= 11 is 1.35. The Morgan fingerprint density at radius 2 is 2.19 bits per heavy atom. The van der Waals surface area contributed by atoms with Crippen molar-refractivity contribution in [3.8, 4) is 0 Å². The zero-order chi connectivity index (χ0) is 19.8. The number of rotatable bonds is 8. The quantitative estimate of drug-likeness (QED) is 0.407. The van der Waals surface area contributed by atoms with E-state index in [9.17, 15) is 4.79 Å². The minimum Gasteiger partial charge on any atom is -0.462 e. The van der Waals surface area contributed by atoms with Crippen molar-refractivity contribution in [1.82, 2.24) is 25.4 Å². The normalized spacial score (nSPS) is 12.7. The maximum absolute atomic E-state index is 12.0. The Labute approximate surface area is 164 Å². The van der Waals surface area contributed by atoms with E-state index in [2.05, 4.69) is 25.7 Å². The molecule has 0 spiro atoms. The number of carbonyl (C=O) groups is 1. The molecule has 0 radical (unpaired) electrons. The van der Waals surface area contributed by atoms with E-state index in [0.29, 0.717) is 36.2 Å². The van der Waals surface area contributed by atoms with E-state index in [1.54, 1.807) is 6.92 Å². The molecule has 0 saturated heterocycles. The molecule has 2 rings (SSSR count). The van der Waals surface area contributed by atoms with Gasteiger partial charge in [0.05, 0.1) is 37.6 Å². The SMILES string of the molecule is CCNC(=NCCn1cc(C)cn1)NC(C)c1nc(C)c(C(=O)OCC)s1. The zero-order valence-corrected chi connectivity index (χ0v) is 17.4. The van der Waals surface area contributed by atoms with Crippen molar-refractivity contribution in [2.45, 2.75) is 47.2 Å². The number of ether oxygens (including phenoxy) is 1. The van der Waals surface area contributed by atoms with Crippen LogP contribution >= 0.6 is 11.3 Å². The van der Waals surface area contributed by atoms with Crippen molar-refractivity contribution in [3.63, 3.8) is 0 Å². The van der Waals surface area contributed by atoms with Crippen LogP contribution in [0.5, 0.6) is 0 Å². The summed E-state index contributed by atoms with van der Waals surface area (Å²) in [6, 6.07) is -0.0818. The van der Waals surface area contributed by atoms with E-state index < -0.39 is 0 Å². The molecule has 9 heteroatoms. The van der Waals surface area contributed by atoms with Crippen LogP contribution < -0.4 is 10.6 Å². The van der Waals surface area contributed by atoms with E-state index in [-0.39, 0.29) is 12.0 Å². The van der Waals surface area contributed by atoms with Gasteiger partial charge in [0, 0.05) is 12.7 Å². The van der Waals surface area contributed by atoms with Gasteiger partial charge in [-0.1, -0.05) is 0 Å². The first kappa shape index (κ1) is 20.9. The van der Waals surface area contributed by atoms with Crippen molar-refractivity contribution >= 4 is 23.3 Å². The van der Waals surface area contributed by atoms with Gasteiger partial charge in [-0.05, 0) is 40.2 Å². The predicted octanol–water partition coefficient (Wildman–Crippen LogP) is 2.45. The highest BCUT2D eigenvalue weighted by Gasteiger charge is 2.20. The maximum Gasteiger partial charge on any atom is 0.350 e. The molecule has 8 nitrogen and oxygen atoms in total. The minimum atomic E-state index is -0.318. The number of nitrogens with one attached hydrogen (secondary N) is 2. The van der Waals surface area contributed by atoms with Crippen molar-refractivity contribution in [2.24, 2.45) is 4.99 Å². The number of aliphatic imine (C=N–C) groups is 1. The number of nitrogens with zero attached hydrogens (tertiary/aromatic N) is 4. The molecule has 1 unspecified atom stereocenters. The third-order valence-corrected chi connectivity index (χ3v) is 5.02. The van der Waals surface area contributed by atoms with E-state index >= 15 is 0 Å². The standard InChI is InChI=1S/C18H28N6O2S/c1-6-19-18(20-8-9-24-11-12(3)10-21-24)23-14(5)16-22-13(4)15(27-16)17(25)26-7-2/h10-11,14H,6-9H2,1-5H3,(H2,19,20,23). The van der Waals surface area contributed by atoms with Gasteiger partial charge in [-0.2, -0.15) is 5.10 Å². The Bertz CT molecular complexity index is 783. The molecule has 2 N–H and O–H groups in total. The summed E-state index contributed by atoms with van der Waals surface area (Å²) in [5.41, 5.74) is 1.83. The van der Waals surface area contributed by atoms with Crippen LogP contribution in [0, 0.1) is 13.8 Å². The van der Waals surface area contributed by atoms with Crippen molar-refractivity contribution < 1.29 is 9.53 Å². The highest BCUT2D eigenvalue weighted by molar-refractivity contribution is 7.13. The molecule has 0 aliphatic rings. The summed E-state index contributed by atoms with van der Waals surface area (Å²) in [5.74, 6) is 0.389. The lowest BCUT2D eigenvalue weighted by Crippen LogP contribution is -2.39. The van der Waals surface area contributed by atoms with Gasteiger partial charge >= 0.3 is 5.97 Å². The summed E-state index contributed by atoms with van der Waals surface area (Å²) in [7, 11) is 0. The first-order valence-electron chi connectivity index (χ1n) is 9.12. The molecule has 0 fully saturated rings. The van der Waals surface area contributed by atoms with Crippen LogP contribution in [0.25, 0.3) is 0 Å². The zero-order valence-electron chi connectivity index (χ0n) is 16.6. The molecule has 0 saturated carbocycles. The average Bonchev–Trinajstić information content (AvgIpc) is 3.21. The smallest absolute Gasteiger partial charge is 0.350 e. The lowest BCUT2D eigenvalue weighted by Gasteiger charge is -2.16. The number of hydrogen-bond donors (Lipinski definition) is 2. The number of guanidine groups is 1. The van der Waals surface area contributed by atoms with Gasteiger partial charge in [0.25, 0.3) is 0 Å². The Balaban J connectivity index is 2.01. The first-order chi connectivity index (χ1) is 12.9. The molecule has 1 atom stereocenters. The second-order valence-corrected chi connectivity index (χ2v) is 7.13. The Morgan fingerprint density at radius 1 is 1.41 bits per heavy atom. The molecule has 0 aliphatic carbocycles. The lowest BCUT2D eigenvalue weighted by atomic mass is 10.3. The van der Waals surface area contributed by atoms with Crippen molar-refractivity contribution in [1.29, 1.82) is 0 Å². The second-order valence-electron chi connectivity index (χ2n) is 6.09. The summed E-state index contributed by atoms with van der Waals surface area (Å²) in [6.07, 6.45) is 3.83. The number of thiazole rings is 1. The molecule has 148 valence electrons. The van der Waals surface area contributed by atoms with Crippen LogP contribution in [0.15, 0.2) is 17.4 Å². The Morgan fingerprint density at radius 3 is 2.81 bits per heavy atom. The van der Waals surface area contributed by atoms with Crippen molar-refractivity contribution in [3.05, 3.63) is 33.5 Å². The summed E-state index contributed by atoms with van der Waals surface area (Å²) in [5, 5.41) is 11.7. The number of aryl methyl sites for hydroxylation is 2. The largest absolute Gasteiger partial charge is 0.462 e. The molecule has 0 amide bonds. The molecule has 0 bridgehead atoms.